The van der Waals surface area contributed by atoms with Gasteiger partial charge in [0, 0.05) is 18.2 Å². The molecule has 1 aliphatic carbocycles. The number of halogens is 3. The average Bonchev–Trinajstić information content (AvgIpc) is 3.14. The number of benzene rings is 1. The molecule has 1 saturated carbocycles. The van der Waals surface area contributed by atoms with Gasteiger partial charge in [-0.3, -0.25) is 14.5 Å². The Balaban J connectivity index is 1.87. The van der Waals surface area contributed by atoms with Gasteiger partial charge in [-0.1, -0.05) is 18.9 Å². The molecule has 0 bridgehead atoms. The Bertz CT molecular complexity index is 714. The van der Waals surface area contributed by atoms with Crippen LogP contribution in [0.15, 0.2) is 24.3 Å². The maximum absolute atomic E-state index is 12.9. The van der Waals surface area contributed by atoms with Crippen molar-refractivity contribution in [2.75, 3.05) is 11.6 Å². The largest absolute Gasteiger partial charge is 0.416 e. The number of ether oxygens (including phenoxy) is 1. The number of hydrogen-bond acceptors (Lipinski definition) is 3. The lowest BCUT2D eigenvalue weighted by Gasteiger charge is -2.40. The average molecular weight is 370 g/mol. The number of alkyl halides is 3. The van der Waals surface area contributed by atoms with E-state index < -0.39 is 29.4 Å². The molecule has 26 heavy (non-hydrogen) atoms. The van der Waals surface area contributed by atoms with Gasteiger partial charge in [0.15, 0.2) is 0 Å². The maximum atomic E-state index is 12.9. The number of carbonyl (C=O) groups is 2. The van der Waals surface area contributed by atoms with Crippen molar-refractivity contribution < 1.29 is 27.5 Å². The number of amides is 2. The van der Waals surface area contributed by atoms with Gasteiger partial charge in [0.2, 0.25) is 12.1 Å². The first-order chi connectivity index (χ1) is 12.1. The van der Waals surface area contributed by atoms with E-state index in [1.165, 1.54) is 24.0 Å². The molecule has 1 heterocycles. The SMILES string of the molecule is CC(=O)N(C1OCN(c2cccc(C(F)(F)F)c2)C1=O)C1(C)CCCC1. The third-order valence-electron chi connectivity index (χ3n) is 5.16. The molecule has 5 nitrogen and oxygen atoms in total. The Morgan fingerprint density at radius 2 is 1.96 bits per heavy atom. The van der Waals surface area contributed by atoms with Crippen LogP contribution >= 0.6 is 0 Å². The molecular formula is C18H21F3N2O3. The van der Waals surface area contributed by atoms with Crippen LogP contribution < -0.4 is 4.90 Å². The monoisotopic (exact) mass is 370 g/mol. The summed E-state index contributed by atoms with van der Waals surface area (Å²) >= 11 is 0. The number of anilines is 1. The molecule has 0 aromatic heterocycles. The van der Waals surface area contributed by atoms with Gasteiger partial charge in [0.05, 0.1) is 5.56 Å². The minimum Gasteiger partial charge on any atom is -0.328 e. The predicted molar refractivity (Wildman–Crippen MR) is 88.1 cm³/mol. The van der Waals surface area contributed by atoms with Gasteiger partial charge in [-0.15, -0.1) is 0 Å². The van der Waals surface area contributed by atoms with E-state index in [4.69, 9.17) is 4.74 Å². The smallest absolute Gasteiger partial charge is 0.328 e. The molecule has 1 saturated heterocycles. The Labute approximate surface area is 149 Å². The Morgan fingerprint density at radius 1 is 1.31 bits per heavy atom. The van der Waals surface area contributed by atoms with Crippen LogP contribution in [0.3, 0.4) is 0 Å². The maximum Gasteiger partial charge on any atom is 0.416 e. The molecular weight excluding hydrogens is 349 g/mol. The summed E-state index contributed by atoms with van der Waals surface area (Å²) in [4.78, 5) is 27.7. The van der Waals surface area contributed by atoms with E-state index in [9.17, 15) is 22.8 Å². The molecule has 1 aromatic carbocycles. The highest BCUT2D eigenvalue weighted by atomic mass is 19.4. The molecule has 1 unspecified atom stereocenters. The second-order valence-electron chi connectivity index (χ2n) is 7.06. The van der Waals surface area contributed by atoms with Crippen LogP contribution in [-0.2, 0) is 20.5 Å². The summed E-state index contributed by atoms with van der Waals surface area (Å²) in [5, 5.41) is 0. The fraction of sp³-hybridized carbons (Fsp3) is 0.556. The highest BCUT2D eigenvalue weighted by molar-refractivity contribution is 5.99. The van der Waals surface area contributed by atoms with Crippen LogP contribution in [0.2, 0.25) is 0 Å². The molecule has 2 fully saturated rings. The normalized spacial score (nSPS) is 22.7. The second kappa shape index (κ2) is 6.57. The molecule has 8 heteroatoms. The molecule has 142 valence electrons. The van der Waals surface area contributed by atoms with Crippen molar-refractivity contribution >= 4 is 17.5 Å². The molecule has 1 atom stereocenters. The first kappa shape index (κ1) is 18.7. The van der Waals surface area contributed by atoms with Gasteiger partial charge in [-0.05, 0) is 38.0 Å². The Morgan fingerprint density at radius 3 is 2.54 bits per heavy atom. The first-order valence-corrected chi connectivity index (χ1v) is 8.54. The molecule has 0 spiro atoms. The van der Waals surface area contributed by atoms with Crippen molar-refractivity contribution in [3.63, 3.8) is 0 Å². The van der Waals surface area contributed by atoms with Crippen molar-refractivity contribution in [3.05, 3.63) is 29.8 Å². The predicted octanol–water partition coefficient (Wildman–Crippen LogP) is 3.53. The summed E-state index contributed by atoms with van der Waals surface area (Å²) in [6, 6.07) is 4.54. The van der Waals surface area contributed by atoms with Crippen molar-refractivity contribution in [1.82, 2.24) is 4.90 Å². The molecule has 1 aliphatic heterocycles. The summed E-state index contributed by atoms with van der Waals surface area (Å²) in [5.74, 6) is -0.800. The molecule has 2 amide bonds. The number of hydrogen-bond donors (Lipinski definition) is 0. The quantitative estimate of drug-likeness (QED) is 0.818. The Kier molecular flexibility index (Phi) is 4.72. The van der Waals surface area contributed by atoms with Gasteiger partial charge in [-0.25, -0.2) is 0 Å². The van der Waals surface area contributed by atoms with E-state index in [1.807, 2.05) is 6.92 Å². The van der Waals surface area contributed by atoms with Crippen LogP contribution in [0.25, 0.3) is 0 Å². The fourth-order valence-electron chi connectivity index (χ4n) is 3.86. The van der Waals surface area contributed by atoms with Gasteiger partial charge in [0.25, 0.3) is 5.91 Å². The van der Waals surface area contributed by atoms with Crippen molar-refractivity contribution in [2.24, 2.45) is 0 Å². The summed E-state index contributed by atoms with van der Waals surface area (Å²) in [6.07, 6.45) is -2.16. The van der Waals surface area contributed by atoms with Gasteiger partial charge >= 0.3 is 6.18 Å². The minimum atomic E-state index is -4.50. The minimum absolute atomic E-state index is 0.104. The zero-order chi connectivity index (χ0) is 19.1. The molecule has 2 aliphatic rings. The van der Waals surface area contributed by atoms with E-state index in [-0.39, 0.29) is 18.3 Å². The first-order valence-electron chi connectivity index (χ1n) is 8.54. The van der Waals surface area contributed by atoms with Gasteiger partial charge in [-0.2, -0.15) is 13.2 Å². The second-order valence-corrected chi connectivity index (χ2v) is 7.06. The third kappa shape index (κ3) is 3.30. The van der Waals surface area contributed by atoms with Gasteiger partial charge < -0.3 is 9.64 Å². The zero-order valence-electron chi connectivity index (χ0n) is 14.7. The fourth-order valence-corrected chi connectivity index (χ4v) is 3.86. The van der Waals surface area contributed by atoms with Crippen LogP contribution in [0, 0.1) is 0 Å². The number of carbonyl (C=O) groups excluding carboxylic acids is 2. The van der Waals surface area contributed by atoms with E-state index in [0.29, 0.717) is 0 Å². The zero-order valence-corrected chi connectivity index (χ0v) is 14.7. The molecule has 1 aromatic rings. The van der Waals surface area contributed by atoms with E-state index in [0.717, 1.165) is 42.7 Å². The van der Waals surface area contributed by atoms with E-state index >= 15 is 0 Å². The van der Waals surface area contributed by atoms with Crippen molar-refractivity contribution in [1.29, 1.82) is 0 Å². The summed E-state index contributed by atoms with van der Waals surface area (Å²) in [6.45, 7) is 3.11. The molecule has 0 radical (unpaired) electrons. The van der Waals surface area contributed by atoms with E-state index in [2.05, 4.69) is 0 Å². The topological polar surface area (TPSA) is 49.9 Å². The van der Waals surface area contributed by atoms with E-state index in [1.54, 1.807) is 0 Å². The highest BCUT2D eigenvalue weighted by Crippen LogP contribution is 2.39. The lowest BCUT2D eigenvalue weighted by molar-refractivity contribution is -0.158. The Hall–Kier alpha value is -2.09. The van der Waals surface area contributed by atoms with Crippen LogP contribution in [0.5, 0.6) is 0 Å². The lowest BCUT2D eigenvalue weighted by Crippen LogP contribution is -2.55. The van der Waals surface area contributed by atoms with Gasteiger partial charge in [0.1, 0.15) is 6.73 Å². The number of rotatable bonds is 3. The lowest BCUT2D eigenvalue weighted by atomic mass is 9.97. The standard InChI is InChI=1S/C18H21F3N2O3/c1-12(24)23(17(2)8-3-4-9-17)16-15(25)22(11-26-16)14-7-5-6-13(10-14)18(19,20)21/h5-7,10,16H,3-4,8-9,11H2,1-2H3. The van der Waals surface area contributed by atoms with Crippen LogP contribution in [0.4, 0.5) is 18.9 Å². The molecule has 0 N–H and O–H groups in total. The molecule has 3 rings (SSSR count). The van der Waals surface area contributed by atoms with Crippen LogP contribution in [-0.4, -0.2) is 35.2 Å². The van der Waals surface area contributed by atoms with Crippen molar-refractivity contribution in [2.45, 2.75) is 57.5 Å². The van der Waals surface area contributed by atoms with Crippen molar-refractivity contribution in [3.8, 4) is 0 Å². The third-order valence-corrected chi connectivity index (χ3v) is 5.16. The summed E-state index contributed by atoms with van der Waals surface area (Å²) < 4.78 is 44.3. The summed E-state index contributed by atoms with van der Waals surface area (Å²) in [7, 11) is 0. The number of nitrogens with zero attached hydrogens (tertiary/aromatic N) is 2. The highest BCUT2D eigenvalue weighted by Gasteiger charge is 2.48. The summed E-state index contributed by atoms with van der Waals surface area (Å²) in [5.41, 5.74) is -1.21. The van der Waals surface area contributed by atoms with Crippen LogP contribution in [0.1, 0.15) is 45.1 Å².